The number of rotatable bonds is 11. The van der Waals surface area contributed by atoms with Gasteiger partial charge in [-0.3, -0.25) is 4.79 Å². The van der Waals surface area contributed by atoms with Crippen LogP contribution in [0.4, 0.5) is 0 Å². The van der Waals surface area contributed by atoms with Crippen LogP contribution in [0, 0.1) is 0 Å². The second-order valence-electron chi connectivity index (χ2n) is 8.17. The number of esters is 1. The Hall–Kier alpha value is -1.88. The molecule has 158 valence electrons. The predicted molar refractivity (Wildman–Crippen MR) is 112 cm³/mol. The van der Waals surface area contributed by atoms with Gasteiger partial charge in [-0.2, -0.15) is 0 Å². The van der Waals surface area contributed by atoms with Crippen LogP contribution >= 0.6 is 0 Å². The summed E-state index contributed by atoms with van der Waals surface area (Å²) in [5, 5.41) is 10.3. The summed E-state index contributed by atoms with van der Waals surface area (Å²) < 4.78 is 5.64. The first-order valence-electron chi connectivity index (χ1n) is 10.4. The zero-order chi connectivity index (χ0) is 21.3. The normalized spacial score (nSPS) is 12.7. The number of carbonyl (C=O) groups excluding carboxylic acids is 2. The molecule has 1 amide bonds. The number of aryl methyl sites for hydroxylation is 1. The fourth-order valence-electron chi connectivity index (χ4n) is 3.45. The minimum Gasteiger partial charge on any atom is -0.458 e. The van der Waals surface area contributed by atoms with Crippen LogP contribution in [0.25, 0.3) is 0 Å². The van der Waals surface area contributed by atoms with Crippen LogP contribution in [0.3, 0.4) is 0 Å². The molecule has 1 unspecified atom stereocenters. The molecule has 0 fully saturated rings. The van der Waals surface area contributed by atoms with Gasteiger partial charge in [0.1, 0.15) is 11.8 Å². The highest BCUT2D eigenvalue weighted by molar-refractivity contribution is 5.89. The fraction of sp³-hybridized carbons (Fsp3) is 0.652. The van der Waals surface area contributed by atoms with Crippen LogP contribution in [0.5, 0.6) is 0 Å². The maximum atomic E-state index is 12.8. The lowest BCUT2D eigenvalue weighted by molar-refractivity contribution is -0.160. The SMILES string of the molecule is CCCCc1ccc(C(=O)OC(CCC)CC(=O)N(C(C)C)C(C)(C)O)cc1. The van der Waals surface area contributed by atoms with Crippen molar-refractivity contribution in [3.8, 4) is 0 Å². The Morgan fingerprint density at radius 1 is 1.11 bits per heavy atom. The first kappa shape index (κ1) is 24.2. The summed E-state index contributed by atoms with van der Waals surface area (Å²) >= 11 is 0. The summed E-state index contributed by atoms with van der Waals surface area (Å²) in [7, 11) is 0. The van der Waals surface area contributed by atoms with Crippen molar-refractivity contribution in [1.82, 2.24) is 4.90 Å². The van der Waals surface area contributed by atoms with E-state index in [-0.39, 0.29) is 18.4 Å². The van der Waals surface area contributed by atoms with Crippen molar-refractivity contribution < 1.29 is 19.4 Å². The molecule has 0 bridgehead atoms. The number of hydrogen-bond donors (Lipinski definition) is 1. The molecule has 28 heavy (non-hydrogen) atoms. The van der Waals surface area contributed by atoms with E-state index in [1.807, 2.05) is 32.9 Å². The highest BCUT2D eigenvalue weighted by Crippen LogP contribution is 2.20. The summed E-state index contributed by atoms with van der Waals surface area (Å²) in [6.07, 6.45) is 4.22. The van der Waals surface area contributed by atoms with Gasteiger partial charge in [-0.1, -0.05) is 38.8 Å². The van der Waals surface area contributed by atoms with Gasteiger partial charge >= 0.3 is 5.97 Å². The number of nitrogens with zero attached hydrogens (tertiary/aromatic N) is 1. The molecule has 0 saturated carbocycles. The Labute approximate surface area is 170 Å². The summed E-state index contributed by atoms with van der Waals surface area (Å²) in [5.74, 6) is -0.628. The molecule has 0 aliphatic rings. The Morgan fingerprint density at radius 3 is 2.18 bits per heavy atom. The van der Waals surface area contributed by atoms with Crippen LogP contribution in [0.2, 0.25) is 0 Å². The molecular weight excluding hydrogens is 354 g/mol. The summed E-state index contributed by atoms with van der Waals surface area (Å²) in [6.45, 7) is 11.0. The van der Waals surface area contributed by atoms with Crippen LogP contribution in [-0.2, 0) is 16.0 Å². The van der Waals surface area contributed by atoms with E-state index < -0.39 is 17.8 Å². The topological polar surface area (TPSA) is 66.8 Å². The smallest absolute Gasteiger partial charge is 0.338 e. The largest absolute Gasteiger partial charge is 0.458 e. The molecule has 0 radical (unpaired) electrons. The number of amides is 1. The summed E-state index contributed by atoms with van der Waals surface area (Å²) in [4.78, 5) is 26.7. The predicted octanol–water partition coefficient (Wildman–Crippen LogP) is 4.71. The third-order valence-corrected chi connectivity index (χ3v) is 4.67. The van der Waals surface area contributed by atoms with Gasteiger partial charge in [-0.25, -0.2) is 4.79 Å². The van der Waals surface area contributed by atoms with Crippen molar-refractivity contribution in [3.63, 3.8) is 0 Å². The minimum absolute atomic E-state index is 0.0658. The summed E-state index contributed by atoms with van der Waals surface area (Å²) in [6, 6.07) is 7.34. The number of benzene rings is 1. The van der Waals surface area contributed by atoms with Crippen molar-refractivity contribution in [2.45, 2.75) is 97.9 Å². The molecule has 5 nitrogen and oxygen atoms in total. The highest BCUT2D eigenvalue weighted by atomic mass is 16.5. The first-order chi connectivity index (χ1) is 13.1. The molecule has 0 aliphatic heterocycles. The van der Waals surface area contributed by atoms with Gasteiger partial charge < -0.3 is 14.7 Å². The monoisotopic (exact) mass is 391 g/mol. The van der Waals surface area contributed by atoms with Gasteiger partial charge in [0, 0.05) is 6.04 Å². The zero-order valence-electron chi connectivity index (χ0n) is 18.3. The Bertz CT molecular complexity index is 616. The number of unbranched alkanes of at least 4 members (excludes halogenated alkanes) is 1. The maximum Gasteiger partial charge on any atom is 0.338 e. The molecule has 5 heteroatoms. The lowest BCUT2D eigenvalue weighted by Crippen LogP contribution is -2.52. The fourth-order valence-corrected chi connectivity index (χ4v) is 3.45. The van der Waals surface area contributed by atoms with Gasteiger partial charge in [-0.05, 0) is 64.7 Å². The number of aliphatic hydroxyl groups is 1. The van der Waals surface area contributed by atoms with Crippen molar-refractivity contribution in [2.75, 3.05) is 0 Å². The third-order valence-electron chi connectivity index (χ3n) is 4.67. The van der Waals surface area contributed by atoms with Crippen LogP contribution in [0.15, 0.2) is 24.3 Å². The van der Waals surface area contributed by atoms with E-state index in [0.717, 1.165) is 25.7 Å². The lowest BCUT2D eigenvalue weighted by atomic mass is 10.1. The second kappa shape index (κ2) is 11.2. The average molecular weight is 392 g/mol. The van der Waals surface area contributed by atoms with Gasteiger partial charge in [0.2, 0.25) is 5.91 Å². The van der Waals surface area contributed by atoms with E-state index in [4.69, 9.17) is 4.74 Å². The van der Waals surface area contributed by atoms with Crippen molar-refractivity contribution >= 4 is 11.9 Å². The van der Waals surface area contributed by atoms with Crippen LogP contribution in [-0.4, -0.2) is 39.8 Å². The highest BCUT2D eigenvalue weighted by Gasteiger charge is 2.32. The van der Waals surface area contributed by atoms with Gasteiger partial charge in [0.15, 0.2) is 0 Å². The van der Waals surface area contributed by atoms with E-state index in [1.54, 1.807) is 26.0 Å². The number of hydrogen-bond acceptors (Lipinski definition) is 4. The van der Waals surface area contributed by atoms with Crippen LogP contribution in [0.1, 0.15) is 89.6 Å². The van der Waals surface area contributed by atoms with Gasteiger partial charge in [0.25, 0.3) is 0 Å². The zero-order valence-corrected chi connectivity index (χ0v) is 18.3. The lowest BCUT2D eigenvalue weighted by Gasteiger charge is -2.38. The molecule has 0 aromatic heterocycles. The van der Waals surface area contributed by atoms with Crippen molar-refractivity contribution in [2.24, 2.45) is 0 Å². The second-order valence-corrected chi connectivity index (χ2v) is 8.17. The van der Waals surface area contributed by atoms with E-state index >= 15 is 0 Å². The minimum atomic E-state index is -1.26. The quantitative estimate of drug-likeness (QED) is 0.438. The average Bonchev–Trinajstić information content (AvgIpc) is 2.58. The molecule has 0 aliphatic carbocycles. The molecule has 0 heterocycles. The van der Waals surface area contributed by atoms with E-state index in [9.17, 15) is 14.7 Å². The summed E-state index contributed by atoms with van der Waals surface area (Å²) in [5.41, 5.74) is 0.439. The van der Waals surface area contributed by atoms with Crippen molar-refractivity contribution in [1.29, 1.82) is 0 Å². The molecule has 0 spiro atoms. The van der Waals surface area contributed by atoms with Crippen LogP contribution < -0.4 is 0 Å². The molecule has 1 rings (SSSR count). The standard InChI is InChI=1S/C23H37NO4/c1-7-9-11-18-12-14-19(15-13-18)22(26)28-20(10-8-2)16-21(25)24(17(3)4)23(5,6)27/h12-15,17,20,27H,7-11,16H2,1-6H3. The van der Waals surface area contributed by atoms with Gasteiger partial charge in [-0.15, -0.1) is 0 Å². The Balaban J connectivity index is 2.80. The Kier molecular flexibility index (Phi) is 9.66. The van der Waals surface area contributed by atoms with E-state index in [2.05, 4.69) is 6.92 Å². The van der Waals surface area contributed by atoms with E-state index in [0.29, 0.717) is 12.0 Å². The van der Waals surface area contributed by atoms with Crippen molar-refractivity contribution in [3.05, 3.63) is 35.4 Å². The number of ether oxygens (including phenoxy) is 1. The number of carbonyl (C=O) groups is 2. The molecule has 1 aromatic carbocycles. The molecular formula is C23H37NO4. The van der Waals surface area contributed by atoms with E-state index in [1.165, 1.54) is 10.5 Å². The molecule has 1 atom stereocenters. The Morgan fingerprint density at radius 2 is 1.71 bits per heavy atom. The maximum absolute atomic E-state index is 12.8. The third kappa shape index (κ3) is 7.63. The van der Waals surface area contributed by atoms with Gasteiger partial charge in [0.05, 0.1) is 12.0 Å². The molecule has 1 aromatic rings. The molecule has 1 N–H and O–H groups in total. The molecule has 0 saturated heterocycles. The first-order valence-corrected chi connectivity index (χ1v) is 10.4.